The van der Waals surface area contributed by atoms with Crippen molar-refractivity contribution in [1.29, 1.82) is 0 Å². The lowest BCUT2D eigenvalue weighted by Crippen LogP contribution is -2.32. The number of fused-ring (bicyclic) bond motifs is 3. The van der Waals surface area contributed by atoms with Gasteiger partial charge in [-0.1, -0.05) is 0 Å². The standard InChI is InChI=1S/C23H25F2N3O/c1-16(29)26-11-2-3-12-27-13-10-23-21(15-27)20-14-18(25)6-9-22(20)28(23)19-7-4-17(24)5-8-19/h4-9,14H,2-3,10-13,15H2,1H3,(H,26,29). The molecule has 0 bridgehead atoms. The fourth-order valence-electron chi connectivity index (χ4n) is 4.19. The van der Waals surface area contributed by atoms with E-state index in [-0.39, 0.29) is 17.5 Å². The molecule has 4 rings (SSSR count). The molecule has 0 radical (unpaired) electrons. The second-order valence-corrected chi connectivity index (χ2v) is 7.61. The largest absolute Gasteiger partial charge is 0.356 e. The van der Waals surface area contributed by atoms with Gasteiger partial charge in [-0.05, 0) is 67.4 Å². The molecule has 0 spiro atoms. The van der Waals surface area contributed by atoms with Crippen LogP contribution in [0.3, 0.4) is 0 Å². The molecule has 152 valence electrons. The first-order valence-corrected chi connectivity index (χ1v) is 10.1. The van der Waals surface area contributed by atoms with Crippen molar-refractivity contribution >= 4 is 16.8 Å². The average Bonchev–Trinajstić information content (AvgIpc) is 3.01. The number of carbonyl (C=O) groups is 1. The van der Waals surface area contributed by atoms with Gasteiger partial charge in [0.25, 0.3) is 0 Å². The molecule has 4 nitrogen and oxygen atoms in total. The number of halogens is 2. The molecule has 29 heavy (non-hydrogen) atoms. The molecule has 0 atom stereocenters. The fourth-order valence-corrected chi connectivity index (χ4v) is 4.19. The predicted octanol–water partition coefficient (Wildman–Crippen LogP) is 4.18. The fraction of sp³-hybridized carbons (Fsp3) is 0.348. The molecule has 0 saturated carbocycles. The van der Waals surface area contributed by atoms with Crippen LogP contribution in [0, 0.1) is 11.6 Å². The van der Waals surface area contributed by atoms with Crippen molar-refractivity contribution in [1.82, 2.24) is 14.8 Å². The molecule has 2 heterocycles. The van der Waals surface area contributed by atoms with Gasteiger partial charge >= 0.3 is 0 Å². The first-order chi connectivity index (χ1) is 14.0. The number of rotatable bonds is 6. The van der Waals surface area contributed by atoms with Crippen LogP contribution in [0.2, 0.25) is 0 Å². The SMILES string of the molecule is CC(=O)NCCCCN1CCc2c(c3cc(F)ccc3n2-c2ccc(F)cc2)C1. The average molecular weight is 397 g/mol. The highest BCUT2D eigenvalue weighted by molar-refractivity contribution is 5.87. The predicted molar refractivity (Wildman–Crippen MR) is 110 cm³/mol. The van der Waals surface area contributed by atoms with Gasteiger partial charge in [0.05, 0.1) is 5.52 Å². The van der Waals surface area contributed by atoms with E-state index in [1.54, 1.807) is 18.2 Å². The summed E-state index contributed by atoms with van der Waals surface area (Å²) in [5.41, 5.74) is 4.17. The lowest BCUT2D eigenvalue weighted by molar-refractivity contribution is -0.118. The van der Waals surface area contributed by atoms with Gasteiger partial charge in [-0.15, -0.1) is 0 Å². The Morgan fingerprint density at radius 1 is 1.07 bits per heavy atom. The molecule has 1 N–H and O–H groups in total. The van der Waals surface area contributed by atoms with Gasteiger partial charge < -0.3 is 9.88 Å². The summed E-state index contributed by atoms with van der Waals surface area (Å²) in [6.45, 7) is 4.86. The number of unbranched alkanes of at least 4 members (excludes halogenated alkanes) is 1. The number of carbonyl (C=O) groups excluding carboxylic acids is 1. The molecule has 1 amide bonds. The Hall–Kier alpha value is -2.73. The van der Waals surface area contributed by atoms with Gasteiger partial charge in [-0.2, -0.15) is 0 Å². The highest BCUT2D eigenvalue weighted by atomic mass is 19.1. The molecular formula is C23H25F2N3O. The summed E-state index contributed by atoms with van der Waals surface area (Å²) in [5.74, 6) is -0.511. The van der Waals surface area contributed by atoms with Crippen LogP contribution in [0.15, 0.2) is 42.5 Å². The highest BCUT2D eigenvalue weighted by Gasteiger charge is 2.24. The third-order valence-electron chi connectivity index (χ3n) is 5.55. The Morgan fingerprint density at radius 3 is 2.59 bits per heavy atom. The summed E-state index contributed by atoms with van der Waals surface area (Å²) in [6, 6.07) is 11.4. The van der Waals surface area contributed by atoms with Crippen LogP contribution in [-0.4, -0.2) is 35.0 Å². The summed E-state index contributed by atoms with van der Waals surface area (Å²) in [6.07, 6.45) is 2.80. The van der Waals surface area contributed by atoms with Crippen molar-refractivity contribution in [2.75, 3.05) is 19.6 Å². The normalized spacial score (nSPS) is 14.2. The van der Waals surface area contributed by atoms with Crippen LogP contribution in [0.1, 0.15) is 31.0 Å². The number of benzene rings is 2. The number of nitrogens with one attached hydrogen (secondary N) is 1. The number of hydrogen-bond donors (Lipinski definition) is 1. The molecule has 0 unspecified atom stereocenters. The minimum absolute atomic E-state index is 0.00300. The van der Waals surface area contributed by atoms with Crippen molar-refractivity contribution in [3.05, 3.63) is 65.4 Å². The molecule has 1 aromatic heterocycles. The van der Waals surface area contributed by atoms with Gasteiger partial charge in [0.2, 0.25) is 5.91 Å². The van der Waals surface area contributed by atoms with Gasteiger partial charge in [0.15, 0.2) is 0 Å². The summed E-state index contributed by atoms with van der Waals surface area (Å²) < 4.78 is 29.6. The summed E-state index contributed by atoms with van der Waals surface area (Å²) in [5, 5.41) is 3.75. The first-order valence-electron chi connectivity index (χ1n) is 10.1. The van der Waals surface area contributed by atoms with E-state index >= 15 is 0 Å². The van der Waals surface area contributed by atoms with E-state index in [1.807, 2.05) is 6.07 Å². The van der Waals surface area contributed by atoms with Crippen LogP contribution < -0.4 is 5.32 Å². The molecule has 0 saturated heterocycles. The lowest BCUT2D eigenvalue weighted by atomic mass is 10.0. The zero-order valence-corrected chi connectivity index (χ0v) is 16.5. The minimum Gasteiger partial charge on any atom is -0.356 e. The van der Waals surface area contributed by atoms with Gasteiger partial charge in [0, 0.05) is 49.7 Å². The minimum atomic E-state index is -0.268. The quantitative estimate of drug-likeness (QED) is 0.634. The molecule has 1 aliphatic rings. The molecule has 3 aromatic rings. The maximum absolute atomic E-state index is 14.0. The van der Waals surface area contributed by atoms with E-state index in [0.29, 0.717) is 6.54 Å². The summed E-state index contributed by atoms with van der Waals surface area (Å²) >= 11 is 0. The van der Waals surface area contributed by atoms with Crippen molar-refractivity contribution in [3.8, 4) is 5.69 Å². The molecule has 0 fully saturated rings. The topological polar surface area (TPSA) is 37.3 Å². The second kappa shape index (κ2) is 8.33. The maximum atomic E-state index is 14.0. The maximum Gasteiger partial charge on any atom is 0.216 e. The monoisotopic (exact) mass is 397 g/mol. The van der Waals surface area contributed by atoms with Crippen molar-refractivity contribution in [2.24, 2.45) is 0 Å². The first kappa shape index (κ1) is 19.6. The van der Waals surface area contributed by atoms with Crippen LogP contribution in [-0.2, 0) is 17.8 Å². The third-order valence-corrected chi connectivity index (χ3v) is 5.55. The van der Waals surface area contributed by atoms with E-state index in [4.69, 9.17) is 0 Å². The summed E-state index contributed by atoms with van der Waals surface area (Å²) in [4.78, 5) is 13.3. The highest BCUT2D eigenvalue weighted by Crippen LogP contribution is 2.34. The van der Waals surface area contributed by atoms with Gasteiger partial charge in [0.1, 0.15) is 11.6 Å². The van der Waals surface area contributed by atoms with E-state index < -0.39 is 0 Å². The van der Waals surface area contributed by atoms with Gasteiger partial charge in [-0.3, -0.25) is 9.69 Å². The Bertz CT molecular complexity index is 1030. The van der Waals surface area contributed by atoms with Crippen LogP contribution in [0.25, 0.3) is 16.6 Å². The van der Waals surface area contributed by atoms with E-state index in [1.165, 1.54) is 30.8 Å². The Balaban J connectivity index is 1.60. The number of nitrogens with zero attached hydrogens (tertiary/aromatic N) is 2. The van der Waals surface area contributed by atoms with E-state index in [9.17, 15) is 13.6 Å². The third kappa shape index (κ3) is 4.17. The molecular weight excluding hydrogens is 372 g/mol. The van der Waals surface area contributed by atoms with E-state index in [0.717, 1.165) is 61.1 Å². The molecule has 2 aromatic carbocycles. The smallest absolute Gasteiger partial charge is 0.216 e. The Kier molecular flexibility index (Phi) is 5.62. The van der Waals surface area contributed by atoms with Crippen LogP contribution in [0.4, 0.5) is 8.78 Å². The molecule has 0 aliphatic carbocycles. The number of hydrogen-bond acceptors (Lipinski definition) is 2. The number of amides is 1. The lowest BCUT2D eigenvalue weighted by Gasteiger charge is -2.28. The van der Waals surface area contributed by atoms with Crippen molar-refractivity contribution in [2.45, 2.75) is 32.7 Å². The number of aromatic nitrogens is 1. The van der Waals surface area contributed by atoms with Crippen LogP contribution in [0.5, 0.6) is 0 Å². The summed E-state index contributed by atoms with van der Waals surface area (Å²) in [7, 11) is 0. The second-order valence-electron chi connectivity index (χ2n) is 7.61. The Labute approximate surface area is 169 Å². The van der Waals surface area contributed by atoms with Crippen molar-refractivity contribution in [3.63, 3.8) is 0 Å². The van der Waals surface area contributed by atoms with Crippen molar-refractivity contribution < 1.29 is 13.6 Å². The van der Waals surface area contributed by atoms with Gasteiger partial charge in [-0.25, -0.2) is 8.78 Å². The zero-order valence-electron chi connectivity index (χ0n) is 16.5. The van der Waals surface area contributed by atoms with E-state index in [2.05, 4.69) is 14.8 Å². The molecule has 1 aliphatic heterocycles. The zero-order chi connectivity index (χ0) is 20.4. The van der Waals surface area contributed by atoms with Crippen LogP contribution >= 0.6 is 0 Å². The Morgan fingerprint density at radius 2 is 1.83 bits per heavy atom. The molecule has 6 heteroatoms.